The zero-order valence-electron chi connectivity index (χ0n) is 18.5. The van der Waals surface area contributed by atoms with Gasteiger partial charge in [-0.15, -0.1) is 0 Å². The van der Waals surface area contributed by atoms with E-state index in [0.717, 1.165) is 17.5 Å². The summed E-state index contributed by atoms with van der Waals surface area (Å²) in [5, 5.41) is 0. The van der Waals surface area contributed by atoms with Gasteiger partial charge in [-0.25, -0.2) is 9.59 Å². The van der Waals surface area contributed by atoms with Gasteiger partial charge < -0.3 is 15.4 Å². The lowest BCUT2D eigenvalue weighted by Gasteiger charge is -2.24. The molecule has 0 unspecified atom stereocenters. The van der Waals surface area contributed by atoms with Crippen LogP contribution in [0, 0.1) is 13.8 Å². The van der Waals surface area contributed by atoms with E-state index < -0.39 is 29.7 Å². The summed E-state index contributed by atoms with van der Waals surface area (Å²) in [7, 11) is 0. The standard InChI is InChI=1S/C22H30N4O5/c1-5-7-11-25(18-19(23)26(10-6-2)22(30)24-20(18)28)17(27)13-31-21(29)16-12-14(3)8-9-15(16)4/h8-9,12H,5-7,10-11,13,23H2,1-4H3,(H,24,28,30). The van der Waals surface area contributed by atoms with Gasteiger partial charge in [0, 0.05) is 13.1 Å². The highest BCUT2D eigenvalue weighted by atomic mass is 16.5. The average Bonchev–Trinajstić information content (AvgIpc) is 2.73. The maximum Gasteiger partial charge on any atom is 0.338 e. The van der Waals surface area contributed by atoms with E-state index in [2.05, 4.69) is 4.98 Å². The van der Waals surface area contributed by atoms with E-state index in [9.17, 15) is 19.2 Å². The minimum atomic E-state index is -0.750. The molecule has 0 saturated carbocycles. The van der Waals surface area contributed by atoms with Crippen LogP contribution in [0.4, 0.5) is 11.5 Å². The predicted molar refractivity (Wildman–Crippen MR) is 119 cm³/mol. The van der Waals surface area contributed by atoms with Crippen LogP contribution in [0.2, 0.25) is 0 Å². The largest absolute Gasteiger partial charge is 0.452 e. The van der Waals surface area contributed by atoms with Crippen molar-refractivity contribution in [3.05, 3.63) is 55.7 Å². The lowest BCUT2D eigenvalue weighted by molar-refractivity contribution is -0.121. The van der Waals surface area contributed by atoms with Crippen molar-refractivity contribution in [2.24, 2.45) is 0 Å². The Labute approximate surface area is 180 Å². The number of aryl methyl sites for hydroxylation is 2. The molecule has 0 aliphatic carbocycles. The number of nitrogens with zero attached hydrogens (tertiary/aromatic N) is 2. The summed E-state index contributed by atoms with van der Waals surface area (Å²) in [5.41, 5.74) is 6.63. The highest BCUT2D eigenvalue weighted by Crippen LogP contribution is 2.19. The summed E-state index contributed by atoms with van der Waals surface area (Å²) in [4.78, 5) is 53.5. The number of amides is 1. The third kappa shape index (κ3) is 5.62. The van der Waals surface area contributed by atoms with Crippen molar-refractivity contribution in [3.63, 3.8) is 0 Å². The molecule has 1 aromatic carbocycles. The molecule has 0 aliphatic heterocycles. The van der Waals surface area contributed by atoms with Crippen LogP contribution in [0.5, 0.6) is 0 Å². The summed E-state index contributed by atoms with van der Waals surface area (Å²) in [6, 6.07) is 5.38. The highest BCUT2D eigenvalue weighted by molar-refractivity contribution is 5.99. The number of rotatable bonds is 9. The molecule has 168 valence electrons. The van der Waals surface area contributed by atoms with E-state index in [1.54, 1.807) is 19.1 Å². The van der Waals surface area contributed by atoms with Gasteiger partial charge in [0.2, 0.25) is 0 Å². The summed E-state index contributed by atoms with van der Waals surface area (Å²) >= 11 is 0. The number of esters is 1. The quantitative estimate of drug-likeness (QED) is 0.587. The monoisotopic (exact) mass is 430 g/mol. The first kappa shape index (κ1) is 23.9. The molecule has 0 fully saturated rings. The molecule has 0 bridgehead atoms. The maximum atomic E-state index is 12.9. The molecule has 1 amide bonds. The molecule has 0 atom stereocenters. The average molecular weight is 431 g/mol. The molecule has 0 saturated heterocycles. The SMILES string of the molecule is CCCCN(C(=O)COC(=O)c1cc(C)ccc1C)c1c(N)n(CCC)c(=O)[nH]c1=O. The summed E-state index contributed by atoms with van der Waals surface area (Å²) in [6.07, 6.45) is 1.98. The molecule has 1 heterocycles. The molecule has 31 heavy (non-hydrogen) atoms. The number of nitrogen functional groups attached to an aromatic ring is 1. The fraction of sp³-hybridized carbons (Fsp3) is 0.455. The van der Waals surface area contributed by atoms with Crippen molar-refractivity contribution in [2.75, 3.05) is 23.8 Å². The Kier molecular flexibility index (Phi) is 8.18. The summed E-state index contributed by atoms with van der Waals surface area (Å²) < 4.78 is 6.46. The molecular formula is C22H30N4O5. The Morgan fingerprint density at radius 2 is 1.87 bits per heavy atom. The lowest BCUT2D eigenvalue weighted by Crippen LogP contribution is -2.43. The summed E-state index contributed by atoms with van der Waals surface area (Å²) in [5.74, 6) is -1.30. The van der Waals surface area contributed by atoms with Crippen molar-refractivity contribution in [1.82, 2.24) is 9.55 Å². The molecule has 3 N–H and O–H groups in total. The zero-order valence-corrected chi connectivity index (χ0v) is 18.5. The van der Waals surface area contributed by atoms with Crippen LogP contribution in [0.15, 0.2) is 27.8 Å². The second kappa shape index (κ2) is 10.6. The molecule has 2 aromatic rings. The Morgan fingerprint density at radius 1 is 1.16 bits per heavy atom. The minimum Gasteiger partial charge on any atom is -0.452 e. The van der Waals surface area contributed by atoms with Crippen LogP contribution >= 0.6 is 0 Å². The number of H-pyrrole nitrogens is 1. The lowest BCUT2D eigenvalue weighted by atomic mass is 10.1. The minimum absolute atomic E-state index is 0.0825. The molecule has 0 radical (unpaired) electrons. The highest BCUT2D eigenvalue weighted by Gasteiger charge is 2.25. The number of unbranched alkanes of at least 4 members (excludes halogenated alkanes) is 1. The normalized spacial score (nSPS) is 10.7. The van der Waals surface area contributed by atoms with Crippen LogP contribution in [0.25, 0.3) is 0 Å². The van der Waals surface area contributed by atoms with Crippen LogP contribution < -0.4 is 21.9 Å². The molecule has 0 aliphatic rings. The van der Waals surface area contributed by atoms with Gasteiger partial charge in [0.1, 0.15) is 5.82 Å². The van der Waals surface area contributed by atoms with Gasteiger partial charge in [0.25, 0.3) is 11.5 Å². The fourth-order valence-electron chi connectivity index (χ4n) is 3.20. The first-order chi connectivity index (χ1) is 14.7. The second-order valence-corrected chi connectivity index (χ2v) is 7.44. The van der Waals surface area contributed by atoms with E-state index in [0.29, 0.717) is 24.9 Å². The van der Waals surface area contributed by atoms with E-state index in [1.165, 1.54) is 9.47 Å². The maximum absolute atomic E-state index is 12.9. The zero-order chi connectivity index (χ0) is 23.1. The predicted octanol–water partition coefficient (Wildman–Crippen LogP) is 2.14. The number of nitrogens with two attached hydrogens (primary N) is 1. The van der Waals surface area contributed by atoms with E-state index in [-0.39, 0.29) is 18.1 Å². The number of aromatic nitrogens is 2. The number of aromatic amines is 1. The third-order valence-electron chi connectivity index (χ3n) is 4.91. The molecular weight excluding hydrogens is 400 g/mol. The third-order valence-corrected chi connectivity index (χ3v) is 4.91. The Bertz CT molecular complexity index is 1070. The van der Waals surface area contributed by atoms with Gasteiger partial charge in [0.05, 0.1) is 5.56 Å². The van der Waals surface area contributed by atoms with Crippen LogP contribution in [0.3, 0.4) is 0 Å². The second-order valence-electron chi connectivity index (χ2n) is 7.44. The first-order valence-corrected chi connectivity index (χ1v) is 10.4. The van der Waals surface area contributed by atoms with E-state index in [1.807, 2.05) is 26.8 Å². The molecule has 0 spiro atoms. The number of benzene rings is 1. The van der Waals surface area contributed by atoms with Crippen molar-refractivity contribution in [1.29, 1.82) is 0 Å². The van der Waals surface area contributed by atoms with E-state index in [4.69, 9.17) is 10.5 Å². The number of hydrogen-bond acceptors (Lipinski definition) is 6. The summed E-state index contributed by atoms with van der Waals surface area (Å²) in [6.45, 7) is 7.39. The van der Waals surface area contributed by atoms with Crippen LogP contribution in [-0.4, -0.2) is 34.6 Å². The molecule has 1 aromatic heterocycles. The Morgan fingerprint density at radius 3 is 2.52 bits per heavy atom. The first-order valence-electron chi connectivity index (χ1n) is 10.4. The number of anilines is 2. The van der Waals surface area contributed by atoms with Crippen LogP contribution in [-0.2, 0) is 16.1 Å². The van der Waals surface area contributed by atoms with Crippen LogP contribution in [0.1, 0.15) is 54.6 Å². The van der Waals surface area contributed by atoms with Crippen molar-refractivity contribution in [2.45, 2.75) is 53.5 Å². The Balaban J connectivity index is 2.32. The van der Waals surface area contributed by atoms with Crippen molar-refractivity contribution >= 4 is 23.4 Å². The smallest absolute Gasteiger partial charge is 0.338 e. The molecule has 9 nitrogen and oxygen atoms in total. The number of hydrogen-bond donors (Lipinski definition) is 2. The fourth-order valence-corrected chi connectivity index (χ4v) is 3.20. The van der Waals surface area contributed by atoms with Gasteiger partial charge in [-0.05, 0) is 38.3 Å². The number of carbonyl (C=O) groups is 2. The number of ether oxygens (including phenoxy) is 1. The van der Waals surface area contributed by atoms with Crippen molar-refractivity contribution < 1.29 is 14.3 Å². The molecule has 9 heteroatoms. The van der Waals surface area contributed by atoms with Gasteiger partial charge in [-0.1, -0.05) is 38.0 Å². The van der Waals surface area contributed by atoms with Gasteiger partial charge in [-0.3, -0.25) is 19.1 Å². The van der Waals surface area contributed by atoms with Gasteiger partial charge >= 0.3 is 11.7 Å². The number of nitrogens with one attached hydrogen (secondary N) is 1. The van der Waals surface area contributed by atoms with E-state index >= 15 is 0 Å². The Hall–Kier alpha value is -3.36. The topological polar surface area (TPSA) is 127 Å². The van der Waals surface area contributed by atoms with Gasteiger partial charge in [0.15, 0.2) is 12.3 Å². The molecule has 2 rings (SSSR count). The number of carbonyl (C=O) groups excluding carboxylic acids is 2. The van der Waals surface area contributed by atoms with Crippen molar-refractivity contribution in [3.8, 4) is 0 Å². The van der Waals surface area contributed by atoms with Gasteiger partial charge in [-0.2, -0.15) is 0 Å².